The molecule has 1 fully saturated rings. The van der Waals surface area contributed by atoms with E-state index in [0.717, 1.165) is 12.1 Å². The molecular weight excluding hydrogens is 230 g/mol. The van der Waals surface area contributed by atoms with E-state index in [0.29, 0.717) is 13.1 Å². The second kappa shape index (κ2) is 6.29. The Hall–Kier alpha value is -0.940. The Labute approximate surface area is 108 Å². The van der Waals surface area contributed by atoms with Crippen molar-refractivity contribution in [3.05, 3.63) is 35.9 Å². The molecule has 100 valence electrons. The third-order valence-corrected chi connectivity index (χ3v) is 3.22. The fourth-order valence-corrected chi connectivity index (χ4v) is 2.42. The van der Waals surface area contributed by atoms with Gasteiger partial charge in [-0.05, 0) is 12.5 Å². The summed E-state index contributed by atoms with van der Waals surface area (Å²) in [5.74, 6) is 0. The number of nitrogens with zero attached hydrogens (tertiary/aromatic N) is 1. The molecule has 1 aromatic carbocycles. The molecule has 2 N–H and O–H groups in total. The summed E-state index contributed by atoms with van der Waals surface area (Å²) in [6, 6.07) is 9.65. The molecule has 18 heavy (non-hydrogen) atoms. The molecule has 1 aliphatic heterocycles. The highest BCUT2D eigenvalue weighted by Gasteiger charge is 2.26. The summed E-state index contributed by atoms with van der Waals surface area (Å²) in [4.78, 5) is 2.15. The van der Waals surface area contributed by atoms with E-state index in [2.05, 4.69) is 4.90 Å². The molecule has 4 heteroatoms. The predicted molar refractivity (Wildman–Crippen MR) is 69.3 cm³/mol. The van der Waals surface area contributed by atoms with Gasteiger partial charge in [-0.15, -0.1) is 0 Å². The Kier molecular flexibility index (Phi) is 4.72. The van der Waals surface area contributed by atoms with E-state index in [1.165, 1.54) is 0 Å². The number of β-amino-alcohol motifs (C(OH)–C–C–N with tert-alkyl or cyclic N) is 1. The van der Waals surface area contributed by atoms with Gasteiger partial charge in [0, 0.05) is 19.6 Å². The van der Waals surface area contributed by atoms with E-state index >= 15 is 0 Å². The monoisotopic (exact) mass is 251 g/mol. The van der Waals surface area contributed by atoms with Crippen LogP contribution in [0.1, 0.15) is 18.6 Å². The van der Waals surface area contributed by atoms with Gasteiger partial charge in [0.05, 0.1) is 24.9 Å². The van der Waals surface area contributed by atoms with Crippen molar-refractivity contribution < 1.29 is 14.9 Å². The molecule has 3 atom stereocenters. The van der Waals surface area contributed by atoms with Gasteiger partial charge >= 0.3 is 0 Å². The van der Waals surface area contributed by atoms with Crippen LogP contribution < -0.4 is 0 Å². The van der Waals surface area contributed by atoms with Crippen molar-refractivity contribution in [3.8, 4) is 0 Å². The highest BCUT2D eigenvalue weighted by molar-refractivity contribution is 5.17. The van der Waals surface area contributed by atoms with Gasteiger partial charge in [0.25, 0.3) is 0 Å². The Morgan fingerprint density at radius 2 is 2.06 bits per heavy atom. The Morgan fingerprint density at radius 3 is 2.72 bits per heavy atom. The molecule has 0 radical (unpaired) electrons. The molecule has 0 aromatic heterocycles. The van der Waals surface area contributed by atoms with Crippen molar-refractivity contribution in [1.29, 1.82) is 0 Å². The molecule has 1 saturated heterocycles. The first-order chi connectivity index (χ1) is 8.69. The first-order valence-electron chi connectivity index (χ1n) is 6.40. The predicted octanol–water partition coefficient (Wildman–Crippen LogP) is 0.802. The molecule has 1 heterocycles. The number of rotatable bonds is 4. The van der Waals surface area contributed by atoms with Gasteiger partial charge in [-0.2, -0.15) is 0 Å². The molecule has 2 rings (SSSR count). The van der Waals surface area contributed by atoms with Crippen LogP contribution in [-0.4, -0.2) is 53.6 Å². The highest BCUT2D eigenvalue weighted by Crippen LogP contribution is 2.17. The third kappa shape index (κ3) is 3.53. The highest BCUT2D eigenvalue weighted by atomic mass is 16.5. The normalized spacial score (nSPS) is 27.1. The molecule has 0 saturated carbocycles. The van der Waals surface area contributed by atoms with E-state index < -0.39 is 6.10 Å². The zero-order valence-corrected chi connectivity index (χ0v) is 10.7. The number of aliphatic hydroxyl groups excluding tert-OH is 2. The lowest BCUT2D eigenvalue weighted by Gasteiger charge is -2.37. The van der Waals surface area contributed by atoms with Gasteiger partial charge in [0.2, 0.25) is 0 Å². The molecule has 3 unspecified atom stereocenters. The van der Waals surface area contributed by atoms with Crippen LogP contribution in [0.5, 0.6) is 0 Å². The second-order valence-electron chi connectivity index (χ2n) is 4.90. The Balaban J connectivity index is 1.92. The minimum atomic E-state index is -0.490. The number of benzene rings is 1. The smallest absolute Gasteiger partial charge is 0.0936 e. The maximum absolute atomic E-state index is 10.2. The molecule has 1 aliphatic rings. The van der Waals surface area contributed by atoms with Crippen LogP contribution in [0.25, 0.3) is 0 Å². The molecule has 1 aromatic rings. The summed E-state index contributed by atoms with van der Waals surface area (Å²) < 4.78 is 5.58. The van der Waals surface area contributed by atoms with Crippen molar-refractivity contribution >= 4 is 0 Å². The van der Waals surface area contributed by atoms with E-state index in [1.807, 2.05) is 37.3 Å². The molecule has 0 bridgehead atoms. The molecule has 0 amide bonds. The molecular formula is C14H21NO3. The zero-order valence-electron chi connectivity index (χ0n) is 10.7. The quantitative estimate of drug-likeness (QED) is 0.831. The summed E-state index contributed by atoms with van der Waals surface area (Å²) in [7, 11) is 0. The third-order valence-electron chi connectivity index (χ3n) is 3.22. The van der Waals surface area contributed by atoms with Gasteiger partial charge in [0.15, 0.2) is 0 Å². The van der Waals surface area contributed by atoms with Crippen molar-refractivity contribution in [2.45, 2.75) is 25.2 Å². The average molecular weight is 251 g/mol. The lowest BCUT2D eigenvalue weighted by molar-refractivity contribution is -0.102. The van der Waals surface area contributed by atoms with Crippen LogP contribution >= 0.6 is 0 Å². The second-order valence-corrected chi connectivity index (χ2v) is 4.90. The minimum absolute atomic E-state index is 0.0300. The number of ether oxygens (including phenoxy) is 1. The molecule has 0 aliphatic carbocycles. The summed E-state index contributed by atoms with van der Waals surface area (Å²) in [6.07, 6.45) is -0.536. The van der Waals surface area contributed by atoms with Crippen LogP contribution in [-0.2, 0) is 4.74 Å². The largest absolute Gasteiger partial charge is 0.394 e. The van der Waals surface area contributed by atoms with Crippen molar-refractivity contribution in [3.63, 3.8) is 0 Å². The van der Waals surface area contributed by atoms with Crippen molar-refractivity contribution in [1.82, 2.24) is 4.90 Å². The van der Waals surface area contributed by atoms with Gasteiger partial charge in [-0.25, -0.2) is 0 Å². The maximum Gasteiger partial charge on any atom is 0.0936 e. The summed E-state index contributed by atoms with van der Waals surface area (Å²) >= 11 is 0. The maximum atomic E-state index is 10.2. The van der Waals surface area contributed by atoms with Crippen molar-refractivity contribution in [2.24, 2.45) is 0 Å². The van der Waals surface area contributed by atoms with Crippen LogP contribution in [0.15, 0.2) is 30.3 Å². The summed E-state index contributed by atoms with van der Waals surface area (Å²) in [5, 5.41) is 19.3. The molecule has 4 nitrogen and oxygen atoms in total. The van der Waals surface area contributed by atoms with E-state index in [4.69, 9.17) is 9.84 Å². The first kappa shape index (κ1) is 13.5. The Morgan fingerprint density at radius 1 is 1.33 bits per heavy atom. The van der Waals surface area contributed by atoms with Crippen LogP contribution in [0.3, 0.4) is 0 Å². The van der Waals surface area contributed by atoms with E-state index in [1.54, 1.807) is 0 Å². The first-order valence-corrected chi connectivity index (χ1v) is 6.40. The summed E-state index contributed by atoms with van der Waals surface area (Å²) in [6.45, 7) is 4.06. The van der Waals surface area contributed by atoms with Gasteiger partial charge in [-0.1, -0.05) is 30.3 Å². The molecule has 0 spiro atoms. The minimum Gasteiger partial charge on any atom is -0.394 e. The van der Waals surface area contributed by atoms with Crippen molar-refractivity contribution in [2.75, 3.05) is 26.2 Å². The van der Waals surface area contributed by atoms with Crippen LogP contribution in [0, 0.1) is 0 Å². The number of hydrogen-bond donors (Lipinski definition) is 2. The fraction of sp³-hybridized carbons (Fsp3) is 0.571. The number of morpholine rings is 1. The van der Waals surface area contributed by atoms with Gasteiger partial charge in [0.1, 0.15) is 0 Å². The van der Waals surface area contributed by atoms with E-state index in [9.17, 15) is 5.11 Å². The standard InChI is InChI=1S/C14H21NO3/c1-11-7-15(8-13(10-16)18-11)9-14(17)12-5-3-2-4-6-12/h2-6,11,13-14,16-17H,7-10H2,1H3. The van der Waals surface area contributed by atoms with Gasteiger partial charge in [-0.3, -0.25) is 4.90 Å². The number of aliphatic hydroxyl groups is 2. The van der Waals surface area contributed by atoms with Gasteiger partial charge < -0.3 is 14.9 Å². The Bertz CT molecular complexity index is 357. The van der Waals surface area contributed by atoms with Crippen LogP contribution in [0.4, 0.5) is 0 Å². The zero-order chi connectivity index (χ0) is 13.0. The van der Waals surface area contributed by atoms with Crippen LogP contribution in [0.2, 0.25) is 0 Å². The average Bonchev–Trinajstić information content (AvgIpc) is 2.39. The lowest BCUT2D eigenvalue weighted by Crippen LogP contribution is -2.49. The fourth-order valence-electron chi connectivity index (χ4n) is 2.42. The topological polar surface area (TPSA) is 52.9 Å². The summed E-state index contributed by atoms with van der Waals surface area (Å²) in [5.41, 5.74) is 0.928. The van der Waals surface area contributed by atoms with E-state index in [-0.39, 0.29) is 18.8 Å². The number of hydrogen-bond acceptors (Lipinski definition) is 4. The SMILES string of the molecule is CC1CN(CC(O)c2ccccc2)CC(CO)O1. The lowest BCUT2D eigenvalue weighted by atomic mass is 10.1.